The van der Waals surface area contributed by atoms with Gasteiger partial charge in [0.1, 0.15) is 5.75 Å². The molecule has 1 amide bonds. The van der Waals surface area contributed by atoms with Crippen molar-refractivity contribution < 1.29 is 27.1 Å². The quantitative estimate of drug-likeness (QED) is 0.574. The van der Waals surface area contributed by atoms with Crippen LogP contribution in [0.3, 0.4) is 0 Å². The summed E-state index contributed by atoms with van der Waals surface area (Å²) in [5.41, 5.74) is 0.800. The van der Waals surface area contributed by atoms with E-state index in [1.165, 1.54) is 22.9 Å². The third-order valence-corrected chi connectivity index (χ3v) is 4.36. The topological polar surface area (TPSA) is 69.3 Å². The van der Waals surface area contributed by atoms with E-state index < -0.39 is 17.6 Å². The lowest BCUT2D eigenvalue weighted by Crippen LogP contribution is -2.13. The van der Waals surface area contributed by atoms with E-state index in [2.05, 4.69) is 26.3 Å². The number of anilines is 1. The van der Waals surface area contributed by atoms with Gasteiger partial charge in [0, 0.05) is 0 Å². The van der Waals surface area contributed by atoms with Gasteiger partial charge in [-0.3, -0.25) is 4.79 Å². The van der Waals surface area contributed by atoms with Crippen molar-refractivity contribution in [3.05, 3.63) is 63.8 Å². The fraction of sp³-hybridized carbons (Fsp3) is 0.222. The van der Waals surface area contributed by atoms with Crippen LogP contribution in [0.4, 0.5) is 18.9 Å². The molecule has 1 aromatic carbocycles. The smallest absolute Gasteiger partial charge is 0.416 e. The average Bonchev–Trinajstić information content (AvgIpc) is 3.18. The predicted molar refractivity (Wildman–Crippen MR) is 98.1 cm³/mol. The number of furan rings is 1. The highest BCUT2D eigenvalue weighted by Gasteiger charge is 2.30. The number of rotatable bonds is 5. The second-order valence-corrected chi connectivity index (χ2v) is 6.68. The Morgan fingerprint density at radius 3 is 2.68 bits per heavy atom. The molecule has 2 aromatic heterocycles. The summed E-state index contributed by atoms with van der Waals surface area (Å²) in [5.74, 6) is -0.262. The molecule has 0 radical (unpaired) electrons. The number of aromatic nitrogens is 2. The molecular formula is C18H15BrF3N3O3. The summed E-state index contributed by atoms with van der Waals surface area (Å²) in [6.45, 7) is 3.29. The normalized spacial score (nSPS) is 11.5. The zero-order valence-electron chi connectivity index (χ0n) is 14.8. The van der Waals surface area contributed by atoms with Crippen molar-refractivity contribution >= 4 is 27.5 Å². The molecule has 148 valence electrons. The Hall–Kier alpha value is -2.75. The van der Waals surface area contributed by atoms with Crippen LogP contribution < -0.4 is 10.1 Å². The first-order chi connectivity index (χ1) is 13.1. The molecule has 0 unspecified atom stereocenters. The van der Waals surface area contributed by atoms with Crippen molar-refractivity contribution in [2.75, 3.05) is 5.32 Å². The number of carbonyl (C=O) groups is 1. The van der Waals surface area contributed by atoms with Crippen molar-refractivity contribution in [3.8, 4) is 5.75 Å². The molecule has 0 aliphatic carbocycles. The third kappa shape index (κ3) is 4.38. The molecule has 0 atom stereocenters. The van der Waals surface area contributed by atoms with Gasteiger partial charge < -0.3 is 14.5 Å². The number of benzene rings is 1. The number of nitrogens with one attached hydrogen (secondary N) is 1. The number of nitrogens with zero attached hydrogens (tertiary/aromatic N) is 2. The van der Waals surface area contributed by atoms with Crippen molar-refractivity contribution in [1.29, 1.82) is 0 Å². The Bertz CT molecular complexity index is 1010. The van der Waals surface area contributed by atoms with Gasteiger partial charge in [-0.2, -0.15) is 18.3 Å². The van der Waals surface area contributed by atoms with E-state index in [1.807, 2.05) is 0 Å². The van der Waals surface area contributed by atoms with E-state index in [1.54, 1.807) is 19.9 Å². The Kier molecular flexibility index (Phi) is 5.50. The van der Waals surface area contributed by atoms with E-state index in [4.69, 9.17) is 9.15 Å². The van der Waals surface area contributed by atoms with Gasteiger partial charge in [-0.25, -0.2) is 4.68 Å². The highest BCUT2D eigenvalue weighted by molar-refractivity contribution is 9.10. The lowest BCUT2D eigenvalue weighted by atomic mass is 10.2. The molecule has 0 saturated carbocycles. The monoisotopic (exact) mass is 457 g/mol. The molecule has 0 aliphatic rings. The zero-order valence-corrected chi connectivity index (χ0v) is 16.4. The number of hydrogen-bond acceptors (Lipinski definition) is 4. The lowest BCUT2D eigenvalue weighted by molar-refractivity contribution is -0.137. The molecule has 10 heteroatoms. The van der Waals surface area contributed by atoms with Crippen LogP contribution in [0.2, 0.25) is 0 Å². The van der Waals surface area contributed by atoms with Crippen LogP contribution in [0, 0.1) is 13.8 Å². The van der Waals surface area contributed by atoms with E-state index in [9.17, 15) is 18.0 Å². The minimum absolute atomic E-state index is 0.0633. The molecule has 6 nitrogen and oxygen atoms in total. The Morgan fingerprint density at radius 2 is 2.04 bits per heavy atom. The molecule has 0 bridgehead atoms. The van der Waals surface area contributed by atoms with Crippen LogP contribution in [0.5, 0.6) is 5.75 Å². The number of aryl methyl sites for hydroxylation is 1. The summed E-state index contributed by atoms with van der Waals surface area (Å²) >= 11 is 3.13. The number of hydrogen-bond donors (Lipinski definition) is 1. The van der Waals surface area contributed by atoms with Crippen LogP contribution >= 0.6 is 15.9 Å². The van der Waals surface area contributed by atoms with Crippen molar-refractivity contribution in [3.63, 3.8) is 0 Å². The van der Waals surface area contributed by atoms with Crippen molar-refractivity contribution in [2.45, 2.75) is 26.8 Å². The van der Waals surface area contributed by atoms with Crippen LogP contribution in [-0.2, 0) is 12.9 Å². The molecule has 0 fully saturated rings. The summed E-state index contributed by atoms with van der Waals surface area (Å²) in [6.07, 6.45) is -4.45. The zero-order chi connectivity index (χ0) is 20.5. The summed E-state index contributed by atoms with van der Waals surface area (Å²) in [6, 6.07) is 7.71. The number of amides is 1. The molecule has 1 N–H and O–H groups in total. The highest BCUT2D eigenvalue weighted by atomic mass is 79.9. The summed E-state index contributed by atoms with van der Waals surface area (Å²) < 4.78 is 50.9. The molecule has 3 aromatic rings. The number of ether oxygens (including phenoxy) is 1. The van der Waals surface area contributed by atoms with E-state index in [-0.39, 0.29) is 18.2 Å². The van der Waals surface area contributed by atoms with E-state index in [0.29, 0.717) is 21.7 Å². The fourth-order valence-corrected chi connectivity index (χ4v) is 2.82. The van der Waals surface area contributed by atoms with Crippen LogP contribution in [0.1, 0.15) is 27.5 Å². The first kappa shape index (κ1) is 20.0. The van der Waals surface area contributed by atoms with Gasteiger partial charge in [0.25, 0.3) is 5.91 Å². The molecule has 2 heterocycles. The fourth-order valence-electron chi connectivity index (χ4n) is 2.51. The van der Waals surface area contributed by atoms with Crippen LogP contribution in [-0.4, -0.2) is 15.7 Å². The van der Waals surface area contributed by atoms with Gasteiger partial charge in [-0.05, 0) is 60.1 Å². The minimum Gasteiger partial charge on any atom is -0.471 e. The largest absolute Gasteiger partial charge is 0.471 e. The first-order valence-electron chi connectivity index (χ1n) is 8.06. The van der Waals surface area contributed by atoms with Gasteiger partial charge in [0.05, 0.1) is 22.6 Å². The van der Waals surface area contributed by atoms with Gasteiger partial charge >= 0.3 is 6.18 Å². The maximum atomic E-state index is 12.8. The molecule has 0 saturated heterocycles. The highest BCUT2D eigenvalue weighted by Crippen LogP contribution is 2.31. The molecule has 3 rings (SSSR count). The Morgan fingerprint density at radius 1 is 1.29 bits per heavy atom. The van der Waals surface area contributed by atoms with Gasteiger partial charge in [-0.15, -0.1) is 0 Å². The number of halogens is 4. The summed E-state index contributed by atoms with van der Waals surface area (Å²) in [7, 11) is 0. The molecule has 28 heavy (non-hydrogen) atoms. The maximum Gasteiger partial charge on any atom is 0.416 e. The maximum absolute atomic E-state index is 12.8. The second-order valence-electron chi connectivity index (χ2n) is 5.90. The second kappa shape index (κ2) is 7.70. The minimum atomic E-state index is -4.45. The third-order valence-electron chi connectivity index (χ3n) is 3.93. The van der Waals surface area contributed by atoms with E-state index >= 15 is 0 Å². The van der Waals surface area contributed by atoms with Gasteiger partial charge in [0.15, 0.2) is 17.2 Å². The number of alkyl halides is 3. The van der Waals surface area contributed by atoms with Crippen molar-refractivity contribution in [1.82, 2.24) is 9.78 Å². The summed E-state index contributed by atoms with van der Waals surface area (Å²) in [5, 5.41) is 6.98. The lowest BCUT2D eigenvalue weighted by Gasteiger charge is -2.11. The van der Waals surface area contributed by atoms with E-state index in [0.717, 1.165) is 12.1 Å². The predicted octanol–water partition coefficient (Wildman–Crippen LogP) is 5.16. The SMILES string of the molecule is Cc1nn(COc2cccc(C(F)(F)F)c2)c(C)c1NC(=O)c1ccc(Br)o1. The van der Waals surface area contributed by atoms with Crippen LogP contribution in [0.25, 0.3) is 0 Å². The first-order valence-corrected chi connectivity index (χ1v) is 8.85. The van der Waals surface area contributed by atoms with Crippen molar-refractivity contribution in [2.24, 2.45) is 0 Å². The number of carbonyl (C=O) groups excluding carboxylic acids is 1. The summed E-state index contributed by atoms with van der Waals surface area (Å²) in [4.78, 5) is 12.3. The molecule has 0 spiro atoms. The Balaban J connectivity index is 1.73. The Labute approximate surface area is 166 Å². The van der Waals surface area contributed by atoms with Crippen LogP contribution in [0.15, 0.2) is 45.5 Å². The molecule has 0 aliphatic heterocycles. The molecular weight excluding hydrogens is 443 g/mol. The average molecular weight is 458 g/mol. The van der Waals surface area contributed by atoms with Gasteiger partial charge in [0.2, 0.25) is 0 Å². The standard InChI is InChI=1S/C18H15BrF3N3O3/c1-10-16(23-17(26)14-6-7-15(19)28-14)11(2)25(24-10)9-27-13-5-3-4-12(8-13)18(20,21)22/h3-8H,9H2,1-2H3,(H,23,26). The van der Waals surface area contributed by atoms with Gasteiger partial charge in [-0.1, -0.05) is 6.07 Å².